The number of aromatic nitrogens is 1. The monoisotopic (exact) mass is 534 g/mol. The number of carbonyl (C=O) groups is 1. The Morgan fingerprint density at radius 1 is 1.06 bits per heavy atom. The lowest BCUT2D eigenvalue weighted by molar-refractivity contribution is 0.0957. The minimum atomic E-state index is -1.36. The number of benzene rings is 2. The third kappa shape index (κ3) is 5.70. The fourth-order valence-corrected chi connectivity index (χ4v) is 5.78. The second-order valence-corrected chi connectivity index (χ2v) is 11.0. The molecule has 2 aromatic heterocycles. The third-order valence-corrected chi connectivity index (χ3v) is 7.92. The van der Waals surface area contributed by atoms with E-state index in [2.05, 4.69) is 35.7 Å². The average molecular weight is 536 g/mol. The van der Waals surface area contributed by atoms with Crippen molar-refractivity contribution in [2.24, 2.45) is 0 Å². The topological polar surface area (TPSA) is 83.1 Å². The maximum absolute atomic E-state index is 12.7. The standard InChI is InChI=1S/C21H19BrN4O2S3/c22-19-10-9-18(29-19)21(27)24-12-4-11-23-20-16-13-15(7-8-17(16)30-25-20)31(28)26-14-5-2-1-3-6-14/h1-3,5-10,13,26H,4,11-12H2,(H,23,25)(H,24,27). The summed E-state index contributed by atoms with van der Waals surface area (Å²) in [5.74, 6) is 0.708. The van der Waals surface area contributed by atoms with Crippen LogP contribution in [0.1, 0.15) is 16.1 Å². The molecule has 0 aliphatic carbocycles. The predicted octanol–water partition coefficient (Wildman–Crippen LogP) is 5.49. The number of hydrogen-bond acceptors (Lipinski definition) is 6. The van der Waals surface area contributed by atoms with Gasteiger partial charge in [-0.15, -0.1) is 11.3 Å². The van der Waals surface area contributed by atoms with E-state index in [4.69, 9.17) is 0 Å². The maximum Gasteiger partial charge on any atom is 0.261 e. The molecule has 0 saturated carbocycles. The second kappa shape index (κ2) is 10.4. The van der Waals surface area contributed by atoms with E-state index in [-0.39, 0.29) is 5.91 Å². The normalized spacial score (nSPS) is 11.9. The van der Waals surface area contributed by atoms with E-state index < -0.39 is 11.0 Å². The summed E-state index contributed by atoms with van der Waals surface area (Å²) < 4.78 is 22.2. The van der Waals surface area contributed by atoms with Crippen molar-refractivity contribution in [2.75, 3.05) is 23.1 Å². The molecule has 1 unspecified atom stereocenters. The maximum atomic E-state index is 12.7. The highest BCUT2D eigenvalue weighted by atomic mass is 79.9. The van der Waals surface area contributed by atoms with E-state index in [0.29, 0.717) is 22.9 Å². The van der Waals surface area contributed by atoms with Crippen molar-refractivity contribution < 1.29 is 9.00 Å². The Kier molecular flexibility index (Phi) is 7.33. The zero-order chi connectivity index (χ0) is 21.6. The van der Waals surface area contributed by atoms with Gasteiger partial charge < -0.3 is 15.4 Å². The van der Waals surface area contributed by atoms with Crippen LogP contribution in [-0.4, -0.2) is 27.6 Å². The van der Waals surface area contributed by atoms with Crippen molar-refractivity contribution >= 4 is 77.3 Å². The molecule has 0 spiro atoms. The van der Waals surface area contributed by atoms with Gasteiger partial charge in [0.2, 0.25) is 0 Å². The highest BCUT2D eigenvalue weighted by Crippen LogP contribution is 2.29. The quantitative estimate of drug-likeness (QED) is 0.248. The summed E-state index contributed by atoms with van der Waals surface area (Å²) >= 11 is 6.18. The van der Waals surface area contributed by atoms with Crippen LogP contribution in [0.15, 0.2) is 69.3 Å². The predicted molar refractivity (Wildman–Crippen MR) is 134 cm³/mol. The SMILES string of the molecule is O=C(NCCCNc1nsc2ccc(S(=O)Nc3ccccc3)cc12)c1ccc(Br)s1. The van der Waals surface area contributed by atoms with Crippen LogP contribution in [0.3, 0.4) is 0 Å². The largest absolute Gasteiger partial charge is 0.369 e. The minimum absolute atomic E-state index is 0.0622. The van der Waals surface area contributed by atoms with Crippen molar-refractivity contribution in [3.05, 3.63) is 69.3 Å². The average Bonchev–Trinajstić information content (AvgIpc) is 3.40. The number of hydrogen-bond donors (Lipinski definition) is 3. The van der Waals surface area contributed by atoms with Crippen LogP contribution in [-0.2, 0) is 11.0 Å². The molecule has 160 valence electrons. The molecule has 2 aromatic carbocycles. The van der Waals surface area contributed by atoms with Crippen molar-refractivity contribution in [3.63, 3.8) is 0 Å². The number of fused-ring (bicyclic) bond motifs is 1. The summed E-state index contributed by atoms with van der Waals surface area (Å²) in [6, 6.07) is 18.8. The van der Waals surface area contributed by atoms with Gasteiger partial charge in [-0.05, 0) is 76.3 Å². The van der Waals surface area contributed by atoms with E-state index in [1.165, 1.54) is 22.9 Å². The molecule has 0 bridgehead atoms. The van der Waals surface area contributed by atoms with Crippen LogP contribution in [0.2, 0.25) is 0 Å². The molecule has 1 amide bonds. The molecule has 0 radical (unpaired) electrons. The Labute approximate surface area is 199 Å². The molecule has 6 nitrogen and oxygen atoms in total. The molecule has 1 atom stereocenters. The Bertz CT molecular complexity index is 1210. The van der Waals surface area contributed by atoms with Crippen molar-refractivity contribution in [3.8, 4) is 0 Å². The number of thiophene rings is 1. The first-order valence-electron chi connectivity index (χ1n) is 9.50. The molecule has 3 N–H and O–H groups in total. The van der Waals surface area contributed by atoms with Gasteiger partial charge in [0.1, 0.15) is 16.8 Å². The van der Waals surface area contributed by atoms with E-state index in [9.17, 15) is 9.00 Å². The first kappa shape index (κ1) is 21.9. The van der Waals surface area contributed by atoms with Crippen molar-refractivity contribution in [1.82, 2.24) is 9.69 Å². The first-order valence-corrected chi connectivity index (χ1v) is 13.0. The molecule has 4 rings (SSSR count). The van der Waals surface area contributed by atoms with Gasteiger partial charge in [0.05, 0.1) is 18.3 Å². The number of nitrogens with zero attached hydrogens (tertiary/aromatic N) is 1. The number of carbonyl (C=O) groups excluding carboxylic acids is 1. The highest BCUT2D eigenvalue weighted by molar-refractivity contribution is 9.11. The van der Waals surface area contributed by atoms with Crippen LogP contribution in [0, 0.1) is 0 Å². The van der Waals surface area contributed by atoms with Crippen LogP contribution in [0.5, 0.6) is 0 Å². The molecule has 0 aliphatic rings. The molecule has 0 fully saturated rings. The summed E-state index contributed by atoms with van der Waals surface area (Å²) in [5.41, 5.74) is 0.805. The lowest BCUT2D eigenvalue weighted by atomic mass is 10.2. The van der Waals surface area contributed by atoms with E-state index in [0.717, 1.165) is 31.8 Å². The van der Waals surface area contributed by atoms with E-state index in [1.807, 2.05) is 54.6 Å². The molecule has 0 aliphatic heterocycles. The van der Waals surface area contributed by atoms with Gasteiger partial charge in [0.15, 0.2) is 0 Å². The second-order valence-electron chi connectivity index (χ2n) is 6.57. The number of amides is 1. The van der Waals surface area contributed by atoms with Crippen molar-refractivity contribution in [2.45, 2.75) is 11.3 Å². The number of rotatable bonds is 9. The molecular formula is C21H19BrN4O2S3. The summed E-state index contributed by atoms with van der Waals surface area (Å²) in [6.45, 7) is 1.24. The molecular weight excluding hydrogens is 516 g/mol. The Balaban J connectivity index is 1.32. The van der Waals surface area contributed by atoms with Crippen LogP contribution in [0.4, 0.5) is 11.5 Å². The molecule has 2 heterocycles. The van der Waals surface area contributed by atoms with Gasteiger partial charge in [-0.1, -0.05) is 18.2 Å². The third-order valence-electron chi connectivity index (χ3n) is 4.37. The van der Waals surface area contributed by atoms with Gasteiger partial charge in [0.25, 0.3) is 5.91 Å². The van der Waals surface area contributed by atoms with Gasteiger partial charge in [-0.2, -0.15) is 4.37 Å². The Morgan fingerprint density at radius 2 is 1.90 bits per heavy atom. The number of para-hydroxylation sites is 1. The fourth-order valence-electron chi connectivity index (χ4n) is 2.85. The highest BCUT2D eigenvalue weighted by Gasteiger charge is 2.11. The smallest absolute Gasteiger partial charge is 0.261 e. The Hall–Kier alpha value is -2.27. The summed E-state index contributed by atoms with van der Waals surface area (Å²) in [6.07, 6.45) is 0.762. The van der Waals surface area contributed by atoms with E-state index >= 15 is 0 Å². The summed E-state index contributed by atoms with van der Waals surface area (Å²) in [4.78, 5) is 13.4. The van der Waals surface area contributed by atoms with Gasteiger partial charge >= 0.3 is 0 Å². The lowest BCUT2D eigenvalue weighted by Crippen LogP contribution is -2.25. The van der Waals surface area contributed by atoms with Crippen LogP contribution in [0.25, 0.3) is 10.1 Å². The zero-order valence-corrected chi connectivity index (χ0v) is 20.3. The Morgan fingerprint density at radius 3 is 2.68 bits per heavy atom. The minimum Gasteiger partial charge on any atom is -0.369 e. The molecule has 4 aromatic rings. The first-order chi connectivity index (χ1) is 15.1. The van der Waals surface area contributed by atoms with E-state index in [1.54, 1.807) is 6.07 Å². The van der Waals surface area contributed by atoms with Gasteiger partial charge in [-0.25, -0.2) is 4.21 Å². The number of anilines is 2. The summed E-state index contributed by atoms with van der Waals surface area (Å²) in [7, 11) is -1.36. The molecule has 10 heteroatoms. The molecule has 0 saturated heterocycles. The van der Waals surface area contributed by atoms with Crippen LogP contribution < -0.4 is 15.4 Å². The zero-order valence-electron chi connectivity index (χ0n) is 16.3. The van der Waals surface area contributed by atoms with Gasteiger partial charge in [-0.3, -0.25) is 4.79 Å². The van der Waals surface area contributed by atoms with Gasteiger partial charge in [0, 0.05) is 24.2 Å². The fraction of sp³-hybridized carbons (Fsp3) is 0.143. The number of nitrogens with one attached hydrogen (secondary N) is 3. The molecule has 31 heavy (non-hydrogen) atoms. The lowest BCUT2D eigenvalue weighted by Gasteiger charge is -2.07. The number of halogens is 1. The van der Waals surface area contributed by atoms with Crippen LogP contribution >= 0.6 is 38.8 Å². The summed E-state index contributed by atoms with van der Waals surface area (Å²) in [5, 5.41) is 7.19. The van der Waals surface area contributed by atoms with Crippen molar-refractivity contribution in [1.29, 1.82) is 0 Å².